The predicted octanol–water partition coefficient (Wildman–Crippen LogP) is 5.00. The van der Waals surface area contributed by atoms with Gasteiger partial charge in [-0.05, 0) is 46.7 Å². The van der Waals surface area contributed by atoms with Crippen LogP contribution < -0.4 is 0 Å². The highest BCUT2D eigenvalue weighted by molar-refractivity contribution is 6.31. The first-order chi connectivity index (χ1) is 9.81. The van der Waals surface area contributed by atoms with Crippen molar-refractivity contribution in [3.63, 3.8) is 0 Å². The number of aromatic amines is 1. The maximum atomic E-state index is 6.26. The summed E-state index contributed by atoms with van der Waals surface area (Å²) in [7, 11) is 0. The quantitative estimate of drug-likeness (QED) is 0.679. The highest BCUT2D eigenvalue weighted by atomic mass is 35.5. The Balaban J connectivity index is 1.70. The average Bonchev–Trinajstić information content (AvgIpc) is 3.04. The Morgan fingerprint density at radius 1 is 1.05 bits per heavy atom. The lowest BCUT2D eigenvalue weighted by Crippen LogP contribution is -1.90. The van der Waals surface area contributed by atoms with Gasteiger partial charge in [0.25, 0.3) is 0 Å². The Morgan fingerprint density at radius 3 is 2.85 bits per heavy atom. The van der Waals surface area contributed by atoms with E-state index >= 15 is 0 Å². The first-order valence-corrected chi connectivity index (χ1v) is 7.22. The lowest BCUT2D eigenvalue weighted by molar-refractivity contribution is 1.19. The Labute approximate surface area is 122 Å². The molecule has 1 heterocycles. The van der Waals surface area contributed by atoms with Gasteiger partial charge in [-0.2, -0.15) is 0 Å². The maximum absolute atomic E-state index is 6.26. The number of fused-ring (bicyclic) bond motifs is 2. The van der Waals surface area contributed by atoms with E-state index in [0.29, 0.717) is 0 Å². The fourth-order valence-corrected chi connectivity index (χ4v) is 3.26. The molecule has 20 heavy (non-hydrogen) atoms. The smallest absolute Gasteiger partial charge is 0.0456 e. The third-order valence-electron chi connectivity index (χ3n) is 3.98. The van der Waals surface area contributed by atoms with E-state index in [2.05, 4.69) is 47.5 Å². The summed E-state index contributed by atoms with van der Waals surface area (Å²) in [6, 6.07) is 16.8. The van der Waals surface area contributed by atoms with Crippen LogP contribution in [0.3, 0.4) is 0 Å². The average molecular weight is 280 g/mol. The largest absolute Gasteiger partial charge is 0.358 e. The SMILES string of the molecule is Clc1cccc2c1CC=C2Cc1cc2ccccc2[nH]1. The molecule has 1 nitrogen and oxygen atoms in total. The molecule has 1 N–H and O–H groups in total. The molecule has 0 amide bonds. The third kappa shape index (κ3) is 1.86. The van der Waals surface area contributed by atoms with Crippen molar-refractivity contribution >= 4 is 28.1 Å². The van der Waals surface area contributed by atoms with E-state index in [0.717, 1.165) is 17.9 Å². The topological polar surface area (TPSA) is 15.8 Å². The standard InChI is InChI=1S/C18H14ClN/c19-17-6-3-5-15-12(8-9-16(15)17)10-14-11-13-4-1-2-7-18(13)20-14/h1-8,11,20H,9-10H2. The number of hydrogen-bond donors (Lipinski definition) is 1. The van der Waals surface area contributed by atoms with Crippen molar-refractivity contribution in [3.05, 3.63) is 76.5 Å². The van der Waals surface area contributed by atoms with Crippen LogP contribution in [0.15, 0.2) is 54.6 Å². The molecule has 1 aliphatic carbocycles. The minimum atomic E-state index is 0.880. The van der Waals surface area contributed by atoms with Gasteiger partial charge in [-0.3, -0.25) is 0 Å². The van der Waals surface area contributed by atoms with Gasteiger partial charge >= 0.3 is 0 Å². The van der Waals surface area contributed by atoms with Gasteiger partial charge in [0.1, 0.15) is 0 Å². The molecule has 0 aliphatic heterocycles. The fourth-order valence-electron chi connectivity index (χ4n) is 3.00. The molecule has 0 unspecified atom stereocenters. The number of para-hydroxylation sites is 1. The summed E-state index contributed by atoms with van der Waals surface area (Å²) in [6.07, 6.45) is 4.18. The van der Waals surface area contributed by atoms with Crippen LogP contribution in [0.25, 0.3) is 16.5 Å². The lowest BCUT2D eigenvalue weighted by atomic mass is 10.0. The van der Waals surface area contributed by atoms with Gasteiger partial charge in [-0.15, -0.1) is 0 Å². The number of allylic oxidation sites excluding steroid dienone is 2. The van der Waals surface area contributed by atoms with Gasteiger partial charge < -0.3 is 4.98 Å². The summed E-state index contributed by atoms with van der Waals surface area (Å²) in [5.74, 6) is 0. The monoisotopic (exact) mass is 279 g/mol. The van der Waals surface area contributed by atoms with Gasteiger partial charge in [-0.25, -0.2) is 0 Å². The molecule has 0 radical (unpaired) electrons. The van der Waals surface area contributed by atoms with Gasteiger partial charge in [0, 0.05) is 22.7 Å². The normalized spacial score (nSPS) is 13.6. The summed E-state index contributed by atoms with van der Waals surface area (Å²) in [5.41, 5.74) is 6.39. The number of H-pyrrole nitrogens is 1. The van der Waals surface area contributed by atoms with E-state index in [-0.39, 0.29) is 0 Å². The number of aromatic nitrogens is 1. The van der Waals surface area contributed by atoms with E-state index in [9.17, 15) is 0 Å². The molecule has 0 bridgehead atoms. The molecule has 0 spiro atoms. The van der Waals surface area contributed by atoms with Crippen molar-refractivity contribution in [1.29, 1.82) is 0 Å². The van der Waals surface area contributed by atoms with Crippen molar-refractivity contribution in [2.75, 3.05) is 0 Å². The van der Waals surface area contributed by atoms with Gasteiger partial charge in [0.15, 0.2) is 0 Å². The van der Waals surface area contributed by atoms with E-state index in [1.807, 2.05) is 12.1 Å². The van der Waals surface area contributed by atoms with E-state index < -0.39 is 0 Å². The molecular weight excluding hydrogens is 266 g/mol. The lowest BCUT2D eigenvalue weighted by Gasteiger charge is -2.06. The molecule has 98 valence electrons. The molecule has 2 heteroatoms. The van der Waals surface area contributed by atoms with E-state index in [1.54, 1.807) is 0 Å². The number of nitrogens with one attached hydrogen (secondary N) is 1. The van der Waals surface area contributed by atoms with Gasteiger partial charge in [0.05, 0.1) is 0 Å². The predicted molar refractivity (Wildman–Crippen MR) is 85.1 cm³/mol. The highest BCUT2D eigenvalue weighted by Crippen LogP contribution is 2.34. The van der Waals surface area contributed by atoms with Crippen molar-refractivity contribution < 1.29 is 0 Å². The van der Waals surface area contributed by atoms with Crippen LogP contribution in [0.2, 0.25) is 5.02 Å². The molecule has 0 atom stereocenters. The number of benzene rings is 2. The van der Waals surface area contributed by atoms with E-state index in [4.69, 9.17) is 11.6 Å². The molecule has 0 saturated heterocycles. The van der Waals surface area contributed by atoms with Gasteiger partial charge in [-0.1, -0.05) is 48.0 Å². The number of halogens is 1. The first-order valence-electron chi connectivity index (χ1n) is 6.85. The zero-order valence-corrected chi connectivity index (χ0v) is 11.7. The minimum Gasteiger partial charge on any atom is -0.358 e. The maximum Gasteiger partial charge on any atom is 0.0456 e. The molecule has 1 aliphatic rings. The van der Waals surface area contributed by atoms with Crippen molar-refractivity contribution in [2.24, 2.45) is 0 Å². The zero-order valence-electron chi connectivity index (χ0n) is 11.0. The summed E-state index contributed by atoms with van der Waals surface area (Å²) in [6.45, 7) is 0. The van der Waals surface area contributed by atoms with Crippen LogP contribution in [0.4, 0.5) is 0 Å². The van der Waals surface area contributed by atoms with Crippen LogP contribution in [0, 0.1) is 0 Å². The van der Waals surface area contributed by atoms with Crippen molar-refractivity contribution in [1.82, 2.24) is 4.98 Å². The number of rotatable bonds is 2. The Morgan fingerprint density at radius 2 is 1.95 bits per heavy atom. The Hall–Kier alpha value is -1.99. The molecule has 4 rings (SSSR count). The molecule has 0 fully saturated rings. The van der Waals surface area contributed by atoms with Crippen LogP contribution in [0.5, 0.6) is 0 Å². The van der Waals surface area contributed by atoms with Crippen LogP contribution >= 0.6 is 11.6 Å². The second-order valence-electron chi connectivity index (χ2n) is 5.26. The second-order valence-corrected chi connectivity index (χ2v) is 5.67. The fraction of sp³-hybridized carbons (Fsp3) is 0.111. The summed E-state index contributed by atoms with van der Waals surface area (Å²) in [4.78, 5) is 3.49. The summed E-state index contributed by atoms with van der Waals surface area (Å²) >= 11 is 6.26. The Kier molecular flexibility index (Phi) is 2.68. The van der Waals surface area contributed by atoms with Crippen molar-refractivity contribution in [2.45, 2.75) is 12.8 Å². The third-order valence-corrected chi connectivity index (χ3v) is 4.34. The zero-order chi connectivity index (χ0) is 13.5. The number of hydrogen-bond acceptors (Lipinski definition) is 0. The van der Waals surface area contributed by atoms with Gasteiger partial charge in [0.2, 0.25) is 0 Å². The molecule has 2 aromatic carbocycles. The van der Waals surface area contributed by atoms with Crippen LogP contribution in [-0.4, -0.2) is 4.98 Å². The highest BCUT2D eigenvalue weighted by Gasteiger charge is 2.17. The van der Waals surface area contributed by atoms with Crippen molar-refractivity contribution in [3.8, 4) is 0 Å². The molecule has 1 aromatic heterocycles. The molecular formula is C18H14ClN. The second kappa shape index (κ2) is 4.53. The molecule has 3 aromatic rings. The summed E-state index contributed by atoms with van der Waals surface area (Å²) in [5, 5.41) is 2.15. The van der Waals surface area contributed by atoms with Crippen LogP contribution in [-0.2, 0) is 12.8 Å². The first kappa shape index (κ1) is 11.8. The molecule has 0 saturated carbocycles. The van der Waals surface area contributed by atoms with E-state index in [1.165, 1.54) is 33.3 Å². The Bertz CT molecular complexity index is 793. The van der Waals surface area contributed by atoms with Crippen LogP contribution in [0.1, 0.15) is 16.8 Å². The minimum absolute atomic E-state index is 0.880. The summed E-state index contributed by atoms with van der Waals surface area (Å²) < 4.78 is 0.